The molecule has 2 nitrogen and oxygen atoms in total. The summed E-state index contributed by atoms with van der Waals surface area (Å²) in [6.45, 7) is 5.81. The van der Waals surface area contributed by atoms with Crippen LogP contribution in [0.15, 0.2) is 29.2 Å². The van der Waals surface area contributed by atoms with E-state index < -0.39 is 5.38 Å². The summed E-state index contributed by atoms with van der Waals surface area (Å²) in [5, 5.41) is 2.24. The number of thioether (sulfide) groups is 1. The molecule has 1 aromatic rings. The molecule has 1 aromatic carbocycles. The van der Waals surface area contributed by atoms with Crippen molar-refractivity contribution in [3.8, 4) is 0 Å². The number of carbonyl (C=O) groups excluding carboxylic acids is 1. The summed E-state index contributed by atoms with van der Waals surface area (Å²) in [7, 11) is 0. The molecular formula is C13H18ClNOS. The van der Waals surface area contributed by atoms with E-state index in [-0.39, 0.29) is 11.4 Å². The van der Waals surface area contributed by atoms with Crippen LogP contribution in [0, 0.1) is 0 Å². The van der Waals surface area contributed by atoms with Gasteiger partial charge in [0.25, 0.3) is 0 Å². The molecule has 0 spiro atoms. The third-order valence-corrected chi connectivity index (χ3v) is 3.33. The normalized spacial score (nSPS) is 13.2. The van der Waals surface area contributed by atoms with Gasteiger partial charge in [-0.2, -0.15) is 0 Å². The highest BCUT2D eigenvalue weighted by Gasteiger charge is 2.22. The van der Waals surface area contributed by atoms with E-state index in [1.165, 1.54) is 0 Å². The van der Waals surface area contributed by atoms with Gasteiger partial charge in [0.2, 0.25) is 5.91 Å². The Bertz CT molecular complexity index is 383. The summed E-state index contributed by atoms with van der Waals surface area (Å²) < 4.78 is 0. The molecule has 0 saturated carbocycles. The minimum absolute atomic E-state index is 0.156. The number of hydrogen-bond donors (Lipinski definition) is 1. The third-order valence-electron chi connectivity index (χ3n) is 2.14. The zero-order chi connectivity index (χ0) is 13.1. The van der Waals surface area contributed by atoms with Gasteiger partial charge in [0, 0.05) is 10.4 Å². The lowest BCUT2D eigenvalue weighted by atomic mass is 10.1. The first-order valence-corrected chi connectivity index (χ1v) is 7.09. The highest BCUT2D eigenvalue weighted by atomic mass is 35.5. The van der Waals surface area contributed by atoms with Crippen molar-refractivity contribution in [3.05, 3.63) is 29.8 Å². The Morgan fingerprint density at radius 2 is 1.82 bits per heavy atom. The number of halogens is 1. The first-order valence-electron chi connectivity index (χ1n) is 5.43. The first-order chi connectivity index (χ1) is 7.83. The van der Waals surface area contributed by atoms with Crippen LogP contribution in [-0.2, 0) is 4.79 Å². The highest BCUT2D eigenvalue weighted by Crippen LogP contribution is 2.24. The zero-order valence-electron chi connectivity index (χ0n) is 10.6. The molecule has 0 heterocycles. The van der Waals surface area contributed by atoms with Crippen molar-refractivity contribution < 1.29 is 4.79 Å². The molecule has 1 unspecified atom stereocenters. The second-order valence-electron chi connectivity index (χ2n) is 4.87. The SMILES string of the molecule is CSc1ccc(C(Cl)C(=O)NC(C)(C)C)cc1. The Kier molecular flexibility index (Phi) is 4.90. The Morgan fingerprint density at radius 3 is 2.24 bits per heavy atom. The van der Waals surface area contributed by atoms with E-state index in [0.717, 1.165) is 10.5 Å². The van der Waals surface area contributed by atoms with Gasteiger partial charge in [0.05, 0.1) is 0 Å². The largest absolute Gasteiger partial charge is 0.350 e. The predicted molar refractivity (Wildman–Crippen MR) is 74.7 cm³/mol. The monoisotopic (exact) mass is 271 g/mol. The van der Waals surface area contributed by atoms with Crippen LogP contribution in [0.2, 0.25) is 0 Å². The Hall–Kier alpha value is -0.670. The quantitative estimate of drug-likeness (QED) is 0.672. The van der Waals surface area contributed by atoms with E-state index in [4.69, 9.17) is 11.6 Å². The maximum Gasteiger partial charge on any atom is 0.242 e. The molecule has 94 valence electrons. The van der Waals surface area contributed by atoms with Gasteiger partial charge in [-0.15, -0.1) is 23.4 Å². The second kappa shape index (κ2) is 5.78. The highest BCUT2D eigenvalue weighted by molar-refractivity contribution is 7.98. The van der Waals surface area contributed by atoms with Crippen LogP contribution in [0.1, 0.15) is 31.7 Å². The predicted octanol–water partition coefficient (Wildman–Crippen LogP) is 3.60. The van der Waals surface area contributed by atoms with Crippen molar-refractivity contribution in [2.45, 2.75) is 36.6 Å². The fourth-order valence-electron chi connectivity index (χ4n) is 1.36. The Balaban J connectivity index is 2.74. The van der Waals surface area contributed by atoms with Crippen LogP contribution in [-0.4, -0.2) is 17.7 Å². The third kappa shape index (κ3) is 4.60. The van der Waals surface area contributed by atoms with Crippen molar-refractivity contribution in [3.63, 3.8) is 0 Å². The average Bonchev–Trinajstić information content (AvgIpc) is 2.26. The molecule has 4 heteroatoms. The van der Waals surface area contributed by atoms with Crippen LogP contribution in [0.5, 0.6) is 0 Å². The molecule has 17 heavy (non-hydrogen) atoms. The summed E-state index contributed by atoms with van der Waals surface area (Å²) in [6.07, 6.45) is 2.01. The molecule has 0 radical (unpaired) electrons. The van der Waals surface area contributed by atoms with E-state index in [0.29, 0.717) is 0 Å². The van der Waals surface area contributed by atoms with E-state index in [2.05, 4.69) is 5.32 Å². The maximum atomic E-state index is 11.9. The van der Waals surface area contributed by atoms with Crippen molar-refractivity contribution in [1.82, 2.24) is 5.32 Å². The van der Waals surface area contributed by atoms with Crippen LogP contribution in [0.3, 0.4) is 0 Å². The zero-order valence-corrected chi connectivity index (χ0v) is 12.2. The van der Waals surface area contributed by atoms with Crippen molar-refractivity contribution in [2.75, 3.05) is 6.26 Å². The number of nitrogens with one attached hydrogen (secondary N) is 1. The molecule has 0 aliphatic carbocycles. The lowest BCUT2D eigenvalue weighted by Gasteiger charge is -2.22. The maximum absolute atomic E-state index is 11.9. The van der Waals surface area contributed by atoms with Crippen molar-refractivity contribution in [2.24, 2.45) is 0 Å². The van der Waals surface area contributed by atoms with Gasteiger partial charge in [0.1, 0.15) is 5.38 Å². The van der Waals surface area contributed by atoms with Crippen molar-refractivity contribution >= 4 is 29.3 Å². The van der Waals surface area contributed by atoms with Crippen LogP contribution >= 0.6 is 23.4 Å². The van der Waals surface area contributed by atoms with Gasteiger partial charge < -0.3 is 5.32 Å². The number of carbonyl (C=O) groups is 1. The summed E-state index contributed by atoms with van der Waals surface area (Å²) in [4.78, 5) is 13.0. The minimum atomic E-state index is -0.634. The van der Waals surface area contributed by atoms with Gasteiger partial charge >= 0.3 is 0 Å². The molecule has 0 fully saturated rings. The van der Waals surface area contributed by atoms with Crippen molar-refractivity contribution in [1.29, 1.82) is 0 Å². The number of amides is 1. The number of benzene rings is 1. The molecule has 0 aliphatic rings. The van der Waals surface area contributed by atoms with Gasteiger partial charge in [-0.1, -0.05) is 12.1 Å². The van der Waals surface area contributed by atoms with Gasteiger partial charge in [-0.3, -0.25) is 4.79 Å². The number of alkyl halides is 1. The van der Waals surface area contributed by atoms with E-state index in [1.807, 2.05) is 51.3 Å². The molecule has 0 aromatic heterocycles. The van der Waals surface area contributed by atoms with E-state index in [1.54, 1.807) is 11.8 Å². The van der Waals surface area contributed by atoms with Gasteiger partial charge in [0.15, 0.2) is 0 Å². The fraction of sp³-hybridized carbons (Fsp3) is 0.462. The number of hydrogen-bond acceptors (Lipinski definition) is 2. The minimum Gasteiger partial charge on any atom is -0.350 e. The standard InChI is InChI=1S/C13H18ClNOS/c1-13(2,3)15-12(16)11(14)9-5-7-10(17-4)8-6-9/h5-8,11H,1-4H3,(H,15,16). The van der Waals surface area contributed by atoms with Gasteiger partial charge in [-0.05, 0) is 44.7 Å². The average molecular weight is 272 g/mol. The van der Waals surface area contributed by atoms with E-state index >= 15 is 0 Å². The molecule has 0 bridgehead atoms. The molecule has 0 aliphatic heterocycles. The molecule has 1 N–H and O–H groups in total. The summed E-state index contributed by atoms with van der Waals surface area (Å²) in [6, 6.07) is 7.73. The van der Waals surface area contributed by atoms with Crippen LogP contribution < -0.4 is 5.32 Å². The fourth-order valence-corrected chi connectivity index (χ4v) is 1.97. The lowest BCUT2D eigenvalue weighted by Crippen LogP contribution is -2.42. The number of rotatable bonds is 3. The summed E-state index contributed by atoms with van der Waals surface area (Å²) >= 11 is 7.80. The second-order valence-corrected chi connectivity index (χ2v) is 6.19. The first kappa shape index (κ1) is 14.4. The molecule has 1 rings (SSSR count). The summed E-state index contributed by atoms with van der Waals surface area (Å²) in [5.74, 6) is -0.156. The van der Waals surface area contributed by atoms with E-state index in [9.17, 15) is 4.79 Å². The molecule has 1 amide bonds. The van der Waals surface area contributed by atoms with Crippen LogP contribution in [0.4, 0.5) is 0 Å². The van der Waals surface area contributed by atoms with Crippen LogP contribution in [0.25, 0.3) is 0 Å². The lowest BCUT2D eigenvalue weighted by molar-refractivity contribution is -0.122. The van der Waals surface area contributed by atoms with Gasteiger partial charge in [-0.25, -0.2) is 0 Å². The molecule has 0 saturated heterocycles. The molecular weight excluding hydrogens is 254 g/mol. The Morgan fingerprint density at radius 1 is 1.29 bits per heavy atom. The Labute approximate surface area is 112 Å². The summed E-state index contributed by atoms with van der Waals surface area (Å²) in [5.41, 5.74) is 0.565. The topological polar surface area (TPSA) is 29.1 Å². The smallest absolute Gasteiger partial charge is 0.242 e. The molecule has 1 atom stereocenters.